The van der Waals surface area contributed by atoms with Crippen molar-refractivity contribution in [3.8, 4) is 11.5 Å². The molecular formula is C21H26N2O5S2. The fourth-order valence-corrected chi connectivity index (χ4v) is 4.70. The van der Waals surface area contributed by atoms with E-state index in [9.17, 15) is 13.2 Å². The average Bonchev–Trinajstić information content (AvgIpc) is 2.76. The molecule has 1 N–H and O–H groups in total. The average molecular weight is 451 g/mol. The minimum absolute atomic E-state index is 0.113. The zero-order valence-electron chi connectivity index (χ0n) is 17.1. The summed E-state index contributed by atoms with van der Waals surface area (Å²) in [6.07, 6.45) is 0. The van der Waals surface area contributed by atoms with Crippen LogP contribution in [0.2, 0.25) is 0 Å². The molecule has 162 valence electrons. The number of ether oxygens (including phenoxy) is 2. The number of anilines is 1. The number of carbonyl (C=O) groups is 1. The molecule has 0 fully saturated rings. The van der Waals surface area contributed by atoms with Gasteiger partial charge in [-0.2, -0.15) is 0 Å². The van der Waals surface area contributed by atoms with Gasteiger partial charge in [0.1, 0.15) is 19.8 Å². The molecule has 1 heterocycles. The van der Waals surface area contributed by atoms with Gasteiger partial charge in [-0.3, -0.25) is 9.10 Å². The predicted octanol–water partition coefficient (Wildman–Crippen LogP) is 2.83. The summed E-state index contributed by atoms with van der Waals surface area (Å²) in [6.45, 7) is 4.59. The number of carbonyl (C=O) groups excluding carboxylic acids is 1. The lowest BCUT2D eigenvalue weighted by molar-refractivity contribution is -0.119. The van der Waals surface area contributed by atoms with Crippen LogP contribution in [0.3, 0.4) is 0 Å². The Hall–Kier alpha value is -2.39. The second kappa shape index (κ2) is 10.1. The first-order valence-corrected chi connectivity index (χ1v) is 12.3. The van der Waals surface area contributed by atoms with Crippen molar-refractivity contribution in [1.29, 1.82) is 0 Å². The Morgan fingerprint density at radius 1 is 1.10 bits per heavy atom. The van der Waals surface area contributed by atoms with E-state index >= 15 is 0 Å². The zero-order chi connectivity index (χ0) is 21.6. The van der Waals surface area contributed by atoms with E-state index in [4.69, 9.17) is 9.47 Å². The lowest BCUT2D eigenvalue weighted by atomic mass is 10.2. The molecular weight excluding hydrogens is 424 g/mol. The monoisotopic (exact) mass is 450 g/mol. The first kappa shape index (κ1) is 22.3. The van der Waals surface area contributed by atoms with Gasteiger partial charge in [-0.15, -0.1) is 11.8 Å². The molecule has 1 aliphatic heterocycles. The SMILES string of the molecule is CCS(=O)(=O)N(CC(=O)NCCSc1ccc(C)cc1)c1ccc2c(c1)OCCO2. The summed E-state index contributed by atoms with van der Waals surface area (Å²) in [5, 5.41) is 2.80. The second-order valence-corrected chi connectivity index (χ2v) is 10.1. The van der Waals surface area contributed by atoms with Gasteiger partial charge in [-0.1, -0.05) is 17.7 Å². The Morgan fingerprint density at radius 2 is 1.80 bits per heavy atom. The summed E-state index contributed by atoms with van der Waals surface area (Å²) in [4.78, 5) is 13.6. The standard InChI is InChI=1S/C21H26N2O5S2/c1-3-30(25,26)23(17-6-9-19-20(14-17)28-12-11-27-19)15-21(24)22-10-13-29-18-7-4-16(2)5-8-18/h4-9,14H,3,10-13,15H2,1-2H3,(H,22,24). The number of fused-ring (bicyclic) bond motifs is 1. The number of benzene rings is 2. The Bertz CT molecular complexity index is 977. The normalized spacial score (nSPS) is 13.0. The number of aryl methyl sites for hydroxylation is 1. The van der Waals surface area contributed by atoms with Crippen LogP contribution in [-0.4, -0.2) is 52.1 Å². The van der Waals surface area contributed by atoms with Gasteiger partial charge in [0, 0.05) is 23.3 Å². The molecule has 2 aromatic rings. The lowest BCUT2D eigenvalue weighted by Gasteiger charge is -2.25. The molecule has 0 aromatic heterocycles. The van der Waals surface area contributed by atoms with E-state index in [-0.39, 0.29) is 18.2 Å². The highest BCUT2D eigenvalue weighted by molar-refractivity contribution is 7.99. The number of rotatable bonds is 9. The van der Waals surface area contributed by atoms with Gasteiger partial charge in [-0.05, 0) is 38.1 Å². The fourth-order valence-electron chi connectivity index (χ4n) is 2.87. The maximum atomic E-state index is 12.6. The number of amides is 1. The Morgan fingerprint density at radius 3 is 2.50 bits per heavy atom. The van der Waals surface area contributed by atoms with Gasteiger partial charge in [0.05, 0.1) is 11.4 Å². The van der Waals surface area contributed by atoms with E-state index in [0.717, 1.165) is 9.20 Å². The topological polar surface area (TPSA) is 84.9 Å². The van der Waals surface area contributed by atoms with E-state index in [1.54, 1.807) is 36.9 Å². The van der Waals surface area contributed by atoms with Gasteiger partial charge < -0.3 is 14.8 Å². The van der Waals surface area contributed by atoms with Crippen molar-refractivity contribution in [1.82, 2.24) is 5.32 Å². The maximum Gasteiger partial charge on any atom is 0.240 e. The van der Waals surface area contributed by atoms with E-state index in [2.05, 4.69) is 5.32 Å². The third kappa shape index (κ3) is 5.82. The Balaban J connectivity index is 1.61. The van der Waals surface area contributed by atoms with Gasteiger partial charge in [0.15, 0.2) is 11.5 Å². The predicted molar refractivity (Wildman–Crippen MR) is 119 cm³/mol. The molecule has 30 heavy (non-hydrogen) atoms. The maximum absolute atomic E-state index is 12.6. The van der Waals surface area contributed by atoms with Crippen molar-refractivity contribution in [3.05, 3.63) is 48.0 Å². The molecule has 0 aliphatic carbocycles. The van der Waals surface area contributed by atoms with Crippen molar-refractivity contribution < 1.29 is 22.7 Å². The van der Waals surface area contributed by atoms with Gasteiger partial charge in [0.2, 0.25) is 15.9 Å². The number of hydrogen-bond acceptors (Lipinski definition) is 6. The van der Waals surface area contributed by atoms with Crippen LogP contribution in [0.4, 0.5) is 5.69 Å². The van der Waals surface area contributed by atoms with Crippen LogP contribution in [0.1, 0.15) is 12.5 Å². The van der Waals surface area contributed by atoms with Gasteiger partial charge >= 0.3 is 0 Å². The van der Waals surface area contributed by atoms with Gasteiger partial charge in [-0.25, -0.2) is 8.42 Å². The van der Waals surface area contributed by atoms with Crippen molar-refractivity contribution in [2.24, 2.45) is 0 Å². The lowest BCUT2D eigenvalue weighted by Crippen LogP contribution is -2.42. The number of nitrogens with one attached hydrogen (secondary N) is 1. The van der Waals surface area contributed by atoms with Crippen molar-refractivity contribution in [2.45, 2.75) is 18.7 Å². The van der Waals surface area contributed by atoms with Gasteiger partial charge in [0.25, 0.3) is 0 Å². The molecule has 0 spiro atoms. The minimum atomic E-state index is -3.64. The van der Waals surface area contributed by atoms with E-state index in [1.807, 2.05) is 31.2 Å². The van der Waals surface area contributed by atoms with Crippen molar-refractivity contribution >= 4 is 33.4 Å². The van der Waals surface area contributed by atoms with Crippen LogP contribution in [-0.2, 0) is 14.8 Å². The molecule has 7 nitrogen and oxygen atoms in total. The number of thioether (sulfide) groups is 1. The summed E-state index contributed by atoms with van der Waals surface area (Å²) < 4.78 is 37.4. The molecule has 1 aliphatic rings. The summed E-state index contributed by atoms with van der Waals surface area (Å²) in [5.74, 6) is 1.27. The molecule has 3 rings (SSSR count). The Labute approximate surface area is 181 Å². The summed E-state index contributed by atoms with van der Waals surface area (Å²) >= 11 is 1.63. The molecule has 2 aromatic carbocycles. The van der Waals surface area contributed by atoms with Crippen LogP contribution in [0.5, 0.6) is 11.5 Å². The van der Waals surface area contributed by atoms with Crippen LogP contribution in [0.15, 0.2) is 47.4 Å². The van der Waals surface area contributed by atoms with Crippen molar-refractivity contribution in [3.63, 3.8) is 0 Å². The molecule has 0 saturated heterocycles. The third-order valence-electron chi connectivity index (χ3n) is 4.52. The van der Waals surface area contributed by atoms with E-state index in [0.29, 0.717) is 42.7 Å². The van der Waals surface area contributed by atoms with Crippen LogP contribution in [0, 0.1) is 6.92 Å². The molecule has 9 heteroatoms. The number of hydrogen-bond donors (Lipinski definition) is 1. The number of sulfonamides is 1. The van der Waals surface area contributed by atoms with Crippen LogP contribution < -0.4 is 19.1 Å². The summed E-state index contributed by atoms with van der Waals surface area (Å²) in [6, 6.07) is 13.1. The zero-order valence-corrected chi connectivity index (χ0v) is 18.7. The quantitative estimate of drug-likeness (QED) is 0.467. The third-order valence-corrected chi connectivity index (χ3v) is 7.27. The number of nitrogens with zero attached hydrogens (tertiary/aromatic N) is 1. The Kier molecular flexibility index (Phi) is 7.49. The highest BCUT2D eigenvalue weighted by atomic mass is 32.2. The first-order chi connectivity index (χ1) is 14.4. The largest absolute Gasteiger partial charge is 0.486 e. The summed E-state index contributed by atoms with van der Waals surface area (Å²) in [7, 11) is -3.64. The van der Waals surface area contributed by atoms with Crippen LogP contribution >= 0.6 is 11.8 Å². The van der Waals surface area contributed by atoms with Crippen molar-refractivity contribution in [2.75, 3.05) is 42.1 Å². The van der Waals surface area contributed by atoms with E-state index in [1.165, 1.54) is 5.56 Å². The molecule has 0 bridgehead atoms. The highest BCUT2D eigenvalue weighted by Gasteiger charge is 2.25. The highest BCUT2D eigenvalue weighted by Crippen LogP contribution is 2.34. The van der Waals surface area contributed by atoms with Crippen LogP contribution in [0.25, 0.3) is 0 Å². The molecule has 0 radical (unpaired) electrons. The summed E-state index contributed by atoms with van der Waals surface area (Å²) in [5.41, 5.74) is 1.58. The van der Waals surface area contributed by atoms with E-state index < -0.39 is 10.0 Å². The minimum Gasteiger partial charge on any atom is -0.486 e. The molecule has 1 amide bonds. The second-order valence-electron chi connectivity index (χ2n) is 6.75. The molecule has 0 saturated carbocycles. The first-order valence-electron chi connectivity index (χ1n) is 9.75. The molecule has 0 unspecified atom stereocenters. The fraction of sp³-hybridized carbons (Fsp3) is 0.381. The molecule has 0 atom stereocenters. The smallest absolute Gasteiger partial charge is 0.240 e.